The second-order valence-electron chi connectivity index (χ2n) is 5.21. The van der Waals surface area contributed by atoms with Crippen LogP contribution in [0.15, 0.2) is 42.5 Å². The van der Waals surface area contributed by atoms with Crippen molar-refractivity contribution in [3.63, 3.8) is 0 Å². The molecule has 2 aromatic rings. The first-order valence-corrected chi connectivity index (χ1v) is 6.29. The molecule has 1 nitrogen and oxygen atoms in total. The molecule has 94 valence electrons. The molecule has 0 aromatic heterocycles. The van der Waals surface area contributed by atoms with Crippen LogP contribution in [0.1, 0.15) is 34.7 Å². The van der Waals surface area contributed by atoms with E-state index in [0.717, 1.165) is 22.3 Å². The number of aryl methyl sites for hydroxylation is 3. The molecule has 0 radical (unpaired) electrons. The summed E-state index contributed by atoms with van der Waals surface area (Å²) in [5.74, 6) is 0. The predicted molar refractivity (Wildman–Crippen MR) is 75.8 cm³/mol. The van der Waals surface area contributed by atoms with Gasteiger partial charge in [-0.05, 0) is 49.9 Å². The minimum atomic E-state index is -0.941. The predicted octanol–water partition coefficient (Wildman–Crippen LogP) is 3.87. The molecule has 2 rings (SSSR count). The maximum absolute atomic E-state index is 10.9. The highest BCUT2D eigenvalue weighted by molar-refractivity contribution is 5.44. The van der Waals surface area contributed by atoms with Crippen LogP contribution in [-0.4, -0.2) is 5.11 Å². The topological polar surface area (TPSA) is 20.2 Å². The van der Waals surface area contributed by atoms with Crippen molar-refractivity contribution in [2.75, 3.05) is 0 Å². The van der Waals surface area contributed by atoms with Crippen LogP contribution >= 0.6 is 0 Å². The van der Waals surface area contributed by atoms with Crippen molar-refractivity contribution in [1.82, 2.24) is 0 Å². The molecule has 1 unspecified atom stereocenters. The van der Waals surface area contributed by atoms with Crippen LogP contribution in [0.25, 0.3) is 0 Å². The first kappa shape index (κ1) is 12.8. The second kappa shape index (κ2) is 4.58. The third kappa shape index (κ3) is 2.19. The van der Waals surface area contributed by atoms with E-state index in [9.17, 15) is 5.11 Å². The summed E-state index contributed by atoms with van der Waals surface area (Å²) < 4.78 is 0. The van der Waals surface area contributed by atoms with Gasteiger partial charge in [-0.3, -0.25) is 0 Å². The van der Waals surface area contributed by atoms with Crippen LogP contribution in [0.4, 0.5) is 0 Å². The fraction of sp³-hybridized carbons (Fsp3) is 0.294. The highest BCUT2D eigenvalue weighted by atomic mass is 16.3. The monoisotopic (exact) mass is 240 g/mol. The Kier molecular flexibility index (Phi) is 3.27. The molecule has 0 amide bonds. The van der Waals surface area contributed by atoms with Gasteiger partial charge in [-0.15, -0.1) is 0 Å². The third-order valence-corrected chi connectivity index (χ3v) is 3.58. The number of hydrogen-bond acceptors (Lipinski definition) is 1. The van der Waals surface area contributed by atoms with Crippen molar-refractivity contribution < 1.29 is 5.11 Å². The lowest BCUT2D eigenvalue weighted by Crippen LogP contribution is -2.25. The maximum atomic E-state index is 10.9. The minimum Gasteiger partial charge on any atom is -0.381 e. The summed E-state index contributed by atoms with van der Waals surface area (Å²) in [6, 6.07) is 14.2. The lowest BCUT2D eigenvalue weighted by Gasteiger charge is -2.28. The van der Waals surface area contributed by atoms with Gasteiger partial charge in [-0.2, -0.15) is 0 Å². The minimum absolute atomic E-state index is 0.941. The molecular formula is C17H20O. The SMILES string of the molecule is Cc1ccc(C(C)(O)c2ccccc2C)c(C)c1. The van der Waals surface area contributed by atoms with E-state index in [0.29, 0.717) is 0 Å². The van der Waals surface area contributed by atoms with Gasteiger partial charge in [-0.1, -0.05) is 48.0 Å². The average Bonchev–Trinajstić information content (AvgIpc) is 2.28. The molecule has 0 saturated carbocycles. The lowest BCUT2D eigenvalue weighted by atomic mass is 9.83. The van der Waals surface area contributed by atoms with Gasteiger partial charge < -0.3 is 5.11 Å². The number of benzene rings is 2. The number of rotatable bonds is 2. The zero-order valence-electron chi connectivity index (χ0n) is 11.5. The molecule has 18 heavy (non-hydrogen) atoms. The normalized spacial score (nSPS) is 14.3. The highest BCUT2D eigenvalue weighted by Gasteiger charge is 2.28. The molecule has 0 saturated heterocycles. The molecule has 1 heteroatoms. The first-order valence-electron chi connectivity index (χ1n) is 6.29. The quantitative estimate of drug-likeness (QED) is 0.845. The average molecular weight is 240 g/mol. The molecule has 0 heterocycles. The zero-order chi connectivity index (χ0) is 13.3. The van der Waals surface area contributed by atoms with Gasteiger partial charge in [0.2, 0.25) is 0 Å². The van der Waals surface area contributed by atoms with Gasteiger partial charge in [0.15, 0.2) is 0 Å². The van der Waals surface area contributed by atoms with Gasteiger partial charge >= 0.3 is 0 Å². The molecule has 0 spiro atoms. The molecule has 1 N–H and O–H groups in total. The summed E-state index contributed by atoms with van der Waals surface area (Å²) in [7, 11) is 0. The Hall–Kier alpha value is -1.60. The maximum Gasteiger partial charge on any atom is 0.112 e. The van der Waals surface area contributed by atoms with E-state index in [-0.39, 0.29) is 0 Å². The Morgan fingerprint density at radius 1 is 0.833 bits per heavy atom. The van der Waals surface area contributed by atoms with Crippen LogP contribution in [-0.2, 0) is 5.60 Å². The van der Waals surface area contributed by atoms with E-state index in [1.807, 2.05) is 44.2 Å². The van der Waals surface area contributed by atoms with Crippen molar-refractivity contribution in [2.45, 2.75) is 33.3 Å². The molecular weight excluding hydrogens is 220 g/mol. The Morgan fingerprint density at radius 2 is 1.44 bits per heavy atom. The van der Waals surface area contributed by atoms with Crippen molar-refractivity contribution in [3.8, 4) is 0 Å². The summed E-state index contributed by atoms with van der Waals surface area (Å²) >= 11 is 0. The van der Waals surface area contributed by atoms with Crippen LogP contribution in [0.2, 0.25) is 0 Å². The van der Waals surface area contributed by atoms with Crippen molar-refractivity contribution in [1.29, 1.82) is 0 Å². The fourth-order valence-corrected chi connectivity index (χ4v) is 2.62. The second-order valence-corrected chi connectivity index (χ2v) is 5.21. The van der Waals surface area contributed by atoms with Gasteiger partial charge in [0.25, 0.3) is 0 Å². The van der Waals surface area contributed by atoms with Gasteiger partial charge in [0.05, 0.1) is 0 Å². The molecule has 0 fully saturated rings. The van der Waals surface area contributed by atoms with E-state index in [2.05, 4.69) is 26.0 Å². The third-order valence-electron chi connectivity index (χ3n) is 3.58. The smallest absolute Gasteiger partial charge is 0.112 e. The summed E-state index contributed by atoms with van der Waals surface area (Å²) in [5, 5.41) is 10.9. The van der Waals surface area contributed by atoms with Crippen LogP contribution in [0.5, 0.6) is 0 Å². The Labute approximate surface area is 109 Å². The molecule has 1 atom stereocenters. The first-order chi connectivity index (χ1) is 8.43. The van der Waals surface area contributed by atoms with Crippen molar-refractivity contribution in [3.05, 3.63) is 70.3 Å². The Morgan fingerprint density at radius 3 is 2.06 bits per heavy atom. The fourth-order valence-electron chi connectivity index (χ4n) is 2.62. The molecule has 0 aliphatic heterocycles. The van der Waals surface area contributed by atoms with Crippen LogP contribution in [0.3, 0.4) is 0 Å². The van der Waals surface area contributed by atoms with E-state index < -0.39 is 5.60 Å². The summed E-state index contributed by atoms with van der Waals surface area (Å²) in [4.78, 5) is 0. The zero-order valence-corrected chi connectivity index (χ0v) is 11.5. The highest BCUT2D eigenvalue weighted by Crippen LogP contribution is 2.33. The van der Waals surface area contributed by atoms with E-state index in [1.165, 1.54) is 5.56 Å². The van der Waals surface area contributed by atoms with Gasteiger partial charge in [0, 0.05) is 0 Å². The summed E-state index contributed by atoms with van der Waals surface area (Å²) in [6.07, 6.45) is 0. The van der Waals surface area contributed by atoms with E-state index in [1.54, 1.807) is 0 Å². The standard InChI is InChI=1S/C17H20O/c1-12-9-10-16(14(3)11-12)17(4,18)15-8-6-5-7-13(15)2/h5-11,18H,1-4H3. The van der Waals surface area contributed by atoms with Gasteiger partial charge in [0.1, 0.15) is 5.60 Å². The number of aliphatic hydroxyl groups is 1. The van der Waals surface area contributed by atoms with E-state index in [4.69, 9.17) is 0 Å². The molecule has 2 aromatic carbocycles. The molecule has 0 bridgehead atoms. The lowest BCUT2D eigenvalue weighted by molar-refractivity contribution is 0.101. The van der Waals surface area contributed by atoms with Crippen LogP contribution < -0.4 is 0 Å². The Bertz CT molecular complexity index is 568. The van der Waals surface area contributed by atoms with Crippen LogP contribution in [0, 0.1) is 20.8 Å². The Balaban J connectivity index is 2.58. The summed E-state index contributed by atoms with van der Waals surface area (Å²) in [5.41, 5.74) is 4.46. The van der Waals surface area contributed by atoms with E-state index >= 15 is 0 Å². The largest absolute Gasteiger partial charge is 0.381 e. The molecule has 0 aliphatic carbocycles. The summed E-state index contributed by atoms with van der Waals surface area (Å²) in [6.45, 7) is 8.02. The number of hydrogen-bond donors (Lipinski definition) is 1. The van der Waals surface area contributed by atoms with Crippen molar-refractivity contribution >= 4 is 0 Å². The molecule has 0 aliphatic rings. The van der Waals surface area contributed by atoms with Gasteiger partial charge in [-0.25, -0.2) is 0 Å². The van der Waals surface area contributed by atoms with Crippen molar-refractivity contribution in [2.24, 2.45) is 0 Å².